The Morgan fingerprint density at radius 3 is 1.50 bits per heavy atom. The molecule has 0 spiro atoms. The fourth-order valence-corrected chi connectivity index (χ4v) is 7.96. The van der Waals surface area contributed by atoms with Crippen LogP contribution in [0.5, 0.6) is 0 Å². The summed E-state index contributed by atoms with van der Waals surface area (Å²) in [5.41, 5.74) is 0.786. The van der Waals surface area contributed by atoms with Crippen molar-refractivity contribution in [3.8, 4) is 0 Å². The number of thioether (sulfide) groups is 2. The summed E-state index contributed by atoms with van der Waals surface area (Å²) in [6.07, 6.45) is 9.12. The van der Waals surface area contributed by atoms with Crippen LogP contribution in [0.4, 0.5) is 0 Å². The maximum Gasteiger partial charge on any atom is 0.336 e. The highest BCUT2D eigenvalue weighted by atomic mass is 32.2. The van der Waals surface area contributed by atoms with E-state index in [1.807, 2.05) is 13.8 Å². The van der Waals surface area contributed by atoms with Crippen LogP contribution in [0, 0.1) is 11.8 Å². The van der Waals surface area contributed by atoms with Crippen molar-refractivity contribution in [2.75, 3.05) is 11.5 Å². The highest BCUT2D eigenvalue weighted by molar-refractivity contribution is 7.99. The lowest BCUT2D eigenvalue weighted by atomic mass is 9.90. The largest absolute Gasteiger partial charge is 0.481 e. The number of hydrogen-bond acceptors (Lipinski definition) is 6. The molecule has 0 fully saturated rings. The van der Waals surface area contributed by atoms with Gasteiger partial charge in [0.2, 0.25) is 0 Å². The summed E-state index contributed by atoms with van der Waals surface area (Å²) >= 11 is 3.08. The quantitative estimate of drug-likeness (QED) is 0.0820. The Bertz CT molecular complexity index is 1010. The summed E-state index contributed by atoms with van der Waals surface area (Å²) in [7, 11) is 0. The third-order valence-electron chi connectivity index (χ3n) is 7.72. The van der Waals surface area contributed by atoms with E-state index in [0.717, 1.165) is 44.1 Å². The number of rotatable bonds is 24. The van der Waals surface area contributed by atoms with Crippen molar-refractivity contribution in [2.24, 2.45) is 11.8 Å². The normalized spacial score (nSPS) is 14.2. The van der Waals surface area contributed by atoms with Crippen LogP contribution in [0.1, 0.15) is 147 Å². The molecule has 0 saturated carbocycles. The summed E-state index contributed by atoms with van der Waals surface area (Å²) in [6, 6.07) is 3.08. The van der Waals surface area contributed by atoms with Gasteiger partial charge in [0.1, 0.15) is 0 Å². The lowest BCUT2D eigenvalue weighted by Crippen LogP contribution is -2.18. The number of carbonyl (C=O) groups is 4. The first kappa shape index (κ1) is 37.8. The number of aromatic carboxylic acids is 2. The molecular formula is C32H50O8S2. The molecule has 42 heavy (non-hydrogen) atoms. The van der Waals surface area contributed by atoms with E-state index in [0.29, 0.717) is 55.6 Å². The maximum atomic E-state index is 12.5. The molecule has 0 aliphatic carbocycles. The van der Waals surface area contributed by atoms with Gasteiger partial charge in [0.05, 0.1) is 23.0 Å². The second kappa shape index (κ2) is 20.7. The second-order valence-corrected chi connectivity index (χ2v) is 13.4. The van der Waals surface area contributed by atoms with Crippen LogP contribution in [0.15, 0.2) is 12.1 Å². The molecular weight excluding hydrogens is 576 g/mol. The van der Waals surface area contributed by atoms with Crippen molar-refractivity contribution >= 4 is 47.4 Å². The van der Waals surface area contributed by atoms with Gasteiger partial charge in [-0.05, 0) is 67.2 Å². The molecule has 0 heterocycles. The summed E-state index contributed by atoms with van der Waals surface area (Å²) in [5, 5.41) is 39.0. The number of unbranched alkanes of at least 4 members (excludes halogenated alkanes) is 4. The highest BCUT2D eigenvalue weighted by Gasteiger charge is 2.31. The van der Waals surface area contributed by atoms with E-state index in [2.05, 4.69) is 13.8 Å². The molecule has 0 bridgehead atoms. The van der Waals surface area contributed by atoms with E-state index >= 15 is 0 Å². The van der Waals surface area contributed by atoms with Crippen LogP contribution in [-0.4, -0.2) is 55.8 Å². The minimum absolute atomic E-state index is 0.138. The molecule has 1 rings (SSSR count). The molecule has 0 saturated heterocycles. The Labute approximate surface area is 259 Å². The molecule has 0 radical (unpaired) electrons. The molecule has 0 amide bonds. The Balaban J connectivity index is 3.32. The van der Waals surface area contributed by atoms with Crippen molar-refractivity contribution in [1.29, 1.82) is 0 Å². The number of benzene rings is 1. The van der Waals surface area contributed by atoms with Crippen LogP contribution in [0.2, 0.25) is 0 Å². The zero-order chi connectivity index (χ0) is 31.7. The Morgan fingerprint density at radius 2 is 1.12 bits per heavy atom. The zero-order valence-corrected chi connectivity index (χ0v) is 27.2. The van der Waals surface area contributed by atoms with Crippen LogP contribution in [0.25, 0.3) is 0 Å². The SMILES string of the molecule is CCCCCC(CCSC(CC)c1ccc(C(=O)O)c(C(=O)O)c1C(CC)SCCC(CCCCC)C(=O)O)C(=O)O. The summed E-state index contributed by atoms with van der Waals surface area (Å²) in [5.74, 6) is -4.02. The van der Waals surface area contributed by atoms with Crippen LogP contribution >= 0.6 is 23.5 Å². The van der Waals surface area contributed by atoms with Gasteiger partial charge in [-0.2, -0.15) is 23.5 Å². The van der Waals surface area contributed by atoms with E-state index in [4.69, 9.17) is 0 Å². The molecule has 238 valence electrons. The van der Waals surface area contributed by atoms with E-state index in [9.17, 15) is 39.6 Å². The third-order valence-corrected chi connectivity index (χ3v) is 10.6. The number of hydrogen-bond donors (Lipinski definition) is 4. The predicted octanol–water partition coefficient (Wildman–Crippen LogP) is 8.79. The Morgan fingerprint density at radius 1 is 0.643 bits per heavy atom. The number of carboxylic acids is 4. The molecule has 10 heteroatoms. The van der Waals surface area contributed by atoms with Gasteiger partial charge in [0.15, 0.2) is 0 Å². The van der Waals surface area contributed by atoms with Crippen LogP contribution in [0.3, 0.4) is 0 Å². The average Bonchev–Trinajstić information content (AvgIpc) is 2.94. The van der Waals surface area contributed by atoms with Crippen molar-refractivity contribution < 1.29 is 39.6 Å². The molecule has 1 aromatic rings. The fraction of sp³-hybridized carbons (Fsp3) is 0.688. The number of carboxylic acid groups (broad SMARTS) is 4. The van der Waals surface area contributed by atoms with E-state index in [-0.39, 0.29) is 21.6 Å². The van der Waals surface area contributed by atoms with E-state index < -0.39 is 35.7 Å². The number of aliphatic carboxylic acids is 2. The van der Waals surface area contributed by atoms with E-state index in [1.54, 1.807) is 17.8 Å². The predicted molar refractivity (Wildman–Crippen MR) is 171 cm³/mol. The Kier molecular flexibility index (Phi) is 18.6. The first-order chi connectivity index (χ1) is 20.0. The maximum absolute atomic E-state index is 12.5. The first-order valence-electron chi connectivity index (χ1n) is 15.4. The van der Waals surface area contributed by atoms with E-state index in [1.165, 1.54) is 17.8 Å². The summed E-state index contributed by atoms with van der Waals surface area (Å²) in [4.78, 5) is 48.2. The van der Waals surface area contributed by atoms with Gasteiger partial charge in [-0.1, -0.05) is 72.3 Å². The lowest BCUT2D eigenvalue weighted by Gasteiger charge is -2.27. The zero-order valence-electron chi connectivity index (χ0n) is 25.6. The molecule has 0 aliphatic heterocycles. The van der Waals surface area contributed by atoms with Gasteiger partial charge >= 0.3 is 23.9 Å². The molecule has 4 atom stereocenters. The first-order valence-corrected chi connectivity index (χ1v) is 17.5. The van der Waals surface area contributed by atoms with Crippen molar-refractivity contribution in [3.05, 3.63) is 34.4 Å². The van der Waals surface area contributed by atoms with Crippen molar-refractivity contribution in [2.45, 2.75) is 115 Å². The average molecular weight is 627 g/mol. The minimum atomic E-state index is -1.31. The monoisotopic (exact) mass is 626 g/mol. The second-order valence-electron chi connectivity index (χ2n) is 10.8. The van der Waals surface area contributed by atoms with Gasteiger partial charge in [-0.15, -0.1) is 0 Å². The smallest absolute Gasteiger partial charge is 0.336 e. The lowest BCUT2D eigenvalue weighted by molar-refractivity contribution is -0.143. The summed E-state index contributed by atoms with van der Waals surface area (Å²) in [6.45, 7) is 8.07. The molecule has 4 N–H and O–H groups in total. The topological polar surface area (TPSA) is 149 Å². The van der Waals surface area contributed by atoms with Crippen LogP contribution in [-0.2, 0) is 9.59 Å². The van der Waals surface area contributed by atoms with Gasteiger partial charge < -0.3 is 20.4 Å². The highest BCUT2D eigenvalue weighted by Crippen LogP contribution is 2.45. The Hall–Kier alpha value is -2.20. The van der Waals surface area contributed by atoms with Gasteiger partial charge in [-0.3, -0.25) is 9.59 Å². The van der Waals surface area contributed by atoms with Crippen LogP contribution < -0.4 is 0 Å². The molecule has 8 nitrogen and oxygen atoms in total. The standard InChI is InChI=1S/C32H50O8S2/c1-5-9-11-13-21(29(33)34)17-19-41-25(7-3)23-15-16-24(31(37)38)28(32(39)40)27(23)26(8-4)42-20-18-22(30(35)36)14-12-10-6-2/h15-16,21-22,25-26H,5-14,17-20H2,1-4H3,(H,33,34)(H,35,36)(H,37,38)(H,39,40). The van der Waals surface area contributed by atoms with Crippen molar-refractivity contribution in [1.82, 2.24) is 0 Å². The molecule has 0 aliphatic rings. The van der Waals surface area contributed by atoms with Gasteiger partial charge in [0, 0.05) is 10.5 Å². The van der Waals surface area contributed by atoms with Gasteiger partial charge in [-0.25, -0.2) is 9.59 Å². The van der Waals surface area contributed by atoms with Crippen molar-refractivity contribution in [3.63, 3.8) is 0 Å². The summed E-state index contributed by atoms with van der Waals surface area (Å²) < 4.78 is 0. The molecule has 4 unspecified atom stereocenters. The fourth-order valence-electron chi connectivity index (χ4n) is 5.27. The minimum Gasteiger partial charge on any atom is -0.481 e. The molecule has 1 aromatic carbocycles. The third kappa shape index (κ3) is 12.2. The van der Waals surface area contributed by atoms with Gasteiger partial charge in [0.25, 0.3) is 0 Å². The molecule has 0 aromatic heterocycles.